The maximum atomic E-state index is 14.1. The number of methoxy groups -OCH3 is 1. The van der Waals surface area contributed by atoms with Crippen LogP contribution in [0.2, 0.25) is 0 Å². The van der Waals surface area contributed by atoms with Gasteiger partial charge in [-0.15, -0.1) is 0 Å². The molecule has 2 aromatic heterocycles. The van der Waals surface area contributed by atoms with Crippen LogP contribution in [0, 0.1) is 6.92 Å². The van der Waals surface area contributed by atoms with Gasteiger partial charge in [0, 0.05) is 42.1 Å². The number of hydrogen-bond donors (Lipinski definition) is 2. The number of aryl methyl sites for hydroxylation is 1. The van der Waals surface area contributed by atoms with Crippen molar-refractivity contribution in [1.82, 2.24) is 14.3 Å². The molecule has 0 amide bonds. The SMILES string of the molecule is CCn1c(C)c(C2C(O)C(c3c(C(F)(F)F)[nH]n(-c4ccccc4)c3=O)C2OC)c2ccccc21. The summed E-state index contributed by atoms with van der Waals surface area (Å²) in [5.41, 5.74) is 0.501. The van der Waals surface area contributed by atoms with E-state index in [4.69, 9.17) is 4.74 Å². The van der Waals surface area contributed by atoms with Gasteiger partial charge in [-0.1, -0.05) is 36.4 Å². The Hall–Kier alpha value is -3.30. The Kier molecular flexibility index (Phi) is 5.64. The lowest BCUT2D eigenvalue weighted by Gasteiger charge is -2.48. The monoisotopic (exact) mass is 485 g/mol. The van der Waals surface area contributed by atoms with Crippen LogP contribution >= 0.6 is 0 Å². The predicted molar refractivity (Wildman–Crippen MR) is 126 cm³/mol. The minimum Gasteiger partial charge on any atom is -0.392 e. The quantitative estimate of drug-likeness (QED) is 0.430. The predicted octanol–water partition coefficient (Wildman–Crippen LogP) is 4.72. The Morgan fingerprint density at radius 1 is 1.03 bits per heavy atom. The fourth-order valence-corrected chi connectivity index (χ4v) is 5.67. The molecule has 0 radical (unpaired) electrons. The molecule has 2 aromatic carbocycles. The van der Waals surface area contributed by atoms with Crippen LogP contribution in [0.25, 0.3) is 16.6 Å². The Morgan fingerprint density at radius 3 is 2.29 bits per heavy atom. The van der Waals surface area contributed by atoms with E-state index in [2.05, 4.69) is 9.67 Å². The molecule has 184 valence electrons. The zero-order chi connectivity index (χ0) is 25.1. The number of alkyl halides is 3. The van der Waals surface area contributed by atoms with Crippen molar-refractivity contribution in [2.24, 2.45) is 0 Å². The molecule has 0 bridgehead atoms. The van der Waals surface area contributed by atoms with Crippen LogP contribution in [0.4, 0.5) is 13.2 Å². The lowest BCUT2D eigenvalue weighted by atomic mass is 9.62. The number of hydrogen-bond acceptors (Lipinski definition) is 3. The van der Waals surface area contributed by atoms with E-state index in [9.17, 15) is 23.1 Å². The van der Waals surface area contributed by atoms with Crippen LogP contribution in [0.5, 0.6) is 0 Å². The number of halogens is 3. The van der Waals surface area contributed by atoms with E-state index in [1.165, 1.54) is 7.11 Å². The van der Waals surface area contributed by atoms with E-state index in [1.54, 1.807) is 30.3 Å². The number of nitrogens with zero attached hydrogens (tertiary/aromatic N) is 2. The summed E-state index contributed by atoms with van der Waals surface area (Å²) in [5, 5.41) is 14.5. The third-order valence-electron chi connectivity index (χ3n) is 7.20. The highest BCUT2D eigenvalue weighted by molar-refractivity contribution is 5.86. The van der Waals surface area contributed by atoms with Crippen molar-refractivity contribution >= 4 is 10.9 Å². The smallest absolute Gasteiger partial charge is 0.392 e. The number of para-hydroxylation sites is 2. The molecule has 4 unspecified atom stereocenters. The molecule has 1 fully saturated rings. The molecule has 2 N–H and O–H groups in total. The van der Waals surface area contributed by atoms with Gasteiger partial charge in [-0.3, -0.25) is 9.89 Å². The van der Waals surface area contributed by atoms with Crippen LogP contribution < -0.4 is 5.56 Å². The number of fused-ring (bicyclic) bond motifs is 1. The average Bonchev–Trinajstić information content (AvgIpc) is 3.32. The fraction of sp³-hybridized carbons (Fsp3) is 0.346. The van der Waals surface area contributed by atoms with Gasteiger partial charge in [-0.25, -0.2) is 4.68 Å². The highest BCUT2D eigenvalue weighted by Gasteiger charge is 2.57. The number of aromatic amines is 1. The summed E-state index contributed by atoms with van der Waals surface area (Å²) in [5.74, 6) is -1.72. The first kappa shape index (κ1) is 23.4. The standard InChI is InChI=1S/C26H26F3N3O3/c1-4-31-14(2)18(16-12-8-9-13-17(16)31)19-22(33)20(23(19)35-3)21-24(26(27,28)29)30-32(25(21)34)15-10-6-5-7-11-15/h5-13,19-20,22-23,30,33H,4H2,1-3H3. The number of aliphatic hydroxyl groups is 1. The molecule has 0 aliphatic heterocycles. The fourth-order valence-electron chi connectivity index (χ4n) is 5.67. The van der Waals surface area contributed by atoms with Crippen LogP contribution in [0.1, 0.15) is 41.3 Å². The molecular weight excluding hydrogens is 459 g/mol. The van der Waals surface area contributed by atoms with Gasteiger partial charge in [0.2, 0.25) is 0 Å². The highest BCUT2D eigenvalue weighted by Crippen LogP contribution is 2.53. The van der Waals surface area contributed by atoms with Crippen LogP contribution in [0.15, 0.2) is 59.4 Å². The summed E-state index contributed by atoms with van der Waals surface area (Å²) >= 11 is 0. The van der Waals surface area contributed by atoms with Crippen molar-refractivity contribution in [3.05, 3.63) is 87.5 Å². The van der Waals surface area contributed by atoms with Crippen LogP contribution in [-0.4, -0.2) is 38.8 Å². The van der Waals surface area contributed by atoms with Gasteiger partial charge in [-0.05, 0) is 37.6 Å². The largest absolute Gasteiger partial charge is 0.433 e. The van der Waals surface area contributed by atoms with Crippen LogP contribution in [-0.2, 0) is 17.5 Å². The molecule has 5 rings (SSSR count). The molecule has 9 heteroatoms. The first-order chi connectivity index (χ1) is 16.7. The second kappa shape index (κ2) is 8.42. The van der Waals surface area contributed by atoms with Crippen molar-refractivity contribution < 1.29 is 23.0 Å². The van der Waals surface area contributed by atoms with E-state index in [1.807, 2.05) is 38.1 Å². The third-order valence-corrected chi connectivity index (χ3v) is 7.20. The van der Waals surface area contributed by atoms with E-state index in [0.717, 1.165) is 26.8 Å². The van der Waals surface area contributed by atoms with Crippen molar-refractivity contribution in [2.75, 3.05) is 7.11 Å². The second-order valence-electron chi connectivity index (χ2n) is 8.88. The minimum absolute atomic E-state index is 0.274. The molecular formula is C26H26F3N3O3. The summed E-state index contributed by atoms with van der Waals surface area (Å²) in [7, 11) is 1.40. The van der Waals surface area contributed by atoms with Crippen molar-refractivity contribution in [3.8, 4) is 5.69 Å². The lowest BCUT2D eigenvalue weighted by molar-refractivity contribution is -0.145. The maximum Gasteiger partial charge on any atom is 0.433 e. The van der Waals surface area contributed by atoms with Crippen molar-refractivity contribution in [2.45, 2.75) is 50.6 Å². The van der Waals surface area contributed by atoms with Gasteiger partial charge in [-0.2, -0.15) is 13.2 Å². The topological polar surface area (TPSA) is 72.2 Å². The van der Waals surface area contributed by atoms with Crippen molar-refractivity contribution in [3.63, 3.8) is 0 Å². The summed E-state index contributed by atoms with van der Waals surface area (Å²) < 4.78 is 50.9. The zero-order valence-electron chi connectivity index (χ0n) is 19.5. The van der Waals surface area contributed by atoms with Gasteiger partial charge >= 0.3 is 6.18 Å². The first-order valence-electron chi connectivity index (χ1n) is 11.5. The number of nitrogens with one attached hydrogen (secondary N) is 1. The zero-order valence-corrected chi connectivity index (χ0v) is 19.5. The van der Waals surface area contributed by atoms with Gasteiger partial charge in [0.05, 0.1) is 23.5 Å². The number of rotatable bonds is 5. The summed E-state index contributed by atoms with van der Waals surface area (Å²) in [4.78, 5) is 13.3. The normalized spacial score (nSPS) is 22.5. The Balaban J connectivity index is 1.65. The molecule has 1 aliphatic carbocycles. The van der Waals surface area contributed by atoms with E-state index < -0.39 is 47.0 Å². The number of H-pyrrole nitrogens is 1. The lowest BCUT2D eigenvalue weighted by Crippen LogP contribution is -2.54. The van der Waals surface area contributed by atoms with Crippen molar-refractivity contribution in [1.29, 1.82) is 0 Å². The molecule has 35 heavy (non-hydrogen) atoms. The molecule has 0 spiro atoms. The maximum absolute atomic E-state index is 14.1. The third kappa shape index (κ3) is 3.44. The highest BCUT2D eigenvalue weighted by atomic mass is 19.4. The van der Waals surface area contributed by atoms with E-state index >= 15 is 0 Å². The van der Waals surface area contributed by atoms with E-state index in [-0.39, 0.29) is 5.69 Å². The van der Waals surface area contributed by atoms with Gasteiger partial charge in [0.15, 0.2) is 0 Å². The van der Waals surface area contributed by atoms with Gasteiger partial charge < -0.3 is 14.4 Å². The second-order valence-corrected chi connectivity index (χ2v) is 8.88. The molecule has 0 saturated heterocycles. The molecule has 6 nitrogen and oxygen atoms in total. The number of aliphatic hydroxyl groups excluding tert-OH is 1. The summed E-state index contributed by atoms with van der Waals surface area (Å²) in [6.07, 6.45) is -6.86. The molecule has 1 saturated carbocycles. The Morgan fingerprint density at radius 2 is 1.66 bits per heavy atom. The number of ether oxygens (including phenoxy) is 1. The Labute approximate surface area is 199 Å². The first-order valence-corrected chi connectivity index (χ1v) is 11.5. The van der Waals surface area contributed by atoms with E-state index in [0.29, 0.717) is 6.54 Å². The molecule has 2 heterocycles. The molecule has 1 aliphatic rings. The number of aromatic nitrogens is 3. The summed E-state index contributed by atoms with van der Waals surface area (Å²) in [6, 6.07) is 15.8. The molecule has 4 aromatic rings. The minimum atomic E-state index is -4.81. The van der Waals surface area contributed by atoms with Gasteiger partial charge in [0.25, 0.3) is 5.56 Å². The Bertz CT molecular complexity index is 1440. The number of benzene rings is 2. The molecule has 4 atom stereocenters. The van der Waals surface area contributed by atoms with Crippen LogP contribution in [0.3, 0.4) is 0 Å². The summed E-state index contributed by atoms with van der Waals surface area (Å²) in [6.45, 7) is 4.65. The van der Waals surface area contributed by atoms with Gasteiger partial charge in [0.1, 0.15) is 5.69 Å². The average molecular weight is 486 g/mol.